The van der Waals surface area contributed by atoms with E-state index in [9.17, 15) is 48.9 Å². The number of amides is 15. The second-order valence-corrected chi connectivity index (χ2v) is 34.7. The lowest BCUT2D eigenvalue weighted by molar-refractivity contribution is -0.151. The molecule has 0 unspecified atom stereocenters. The van der Waals surface area contributed by atoms with Crippen molar-refractivity contribution in [2.24, 2.45) is 17.6 Å². The van der Waals surface area contributed by atoms with Crippen LogP contribution in [0.1, 0.15) is 100 Å². The molecule has 0 spiro atoms. The number of aromatic nitrogens is 1. The number of hydrogen-bond acceptors (Lipinski definition) is 18. The summed E-state index contributed by atoms with van der Waals surface area (Å²) in [6.45, 7) is 6.42. The maximum atomic E-state index is 15.5. The largest absolute Gasteiger partial charge is 0.508 e. The van der Waals surface area contributed by atoms with Crippen LogP contribution >= 0.6 is 20.6 Å². The number of aliphatic hydroxyl groups is 1. The Morgan fingerprint density at radius 2 is 0.915 bits per heavy atom. The summed E-state index contributed by atoms with van der Waals surface area (Å²) < 4.78 is 0. The van der Waals surface area contributed by atoms with Gasteiger partial charge in [-0.2, -0.15) is 0 Å². The Bertz CT molecular complexity index is 5070. The van der Waals surface area contributed by atoms with Crippen molar-refractivity contribution in [3.8, 4) is 11.5 Å². The second-order valence-electron chi connectivity index (χ2n) is 33.1. The number of likely N-dealkylation sites (N-methyl/N-ethyl adjacent to an activating group) is 5. The van der Waals surface area contributed by atoms with Crippen molar-refractivity contribution < 1.29 is 87.2 Å². The molecule has 1 saturated heterocycles. The van der Waals surface area contributed by atoms with Crippen LogP contribution in [0, 0.1) is 11.8 Å². The number of aromatic amines is 1. The van der Waals surface area contributed by atoms with Gasteiger partial charge in [0.05, 0.1) is 30.9 Å². The first-order chi connectivity index (χ1) is 61.4. The highest BCUT2D eigenvalue weighted by Crippen LogP contribution is 2.25. The van der Waals surface area contributed by atoms with Crippen LogP contribution in [0.15, 0.2) is 170 Å². The first-order valence-corrected chi connectivity index (χ1v) is 44.4. The third-order valence-corrected chi connectivity index (χ3v) is 23.3. The number of hydrogen-bond donors (Lipinski definition) is 14. The fourth-order valence-corrected chi connectivity index (χ4v) is 16.0. The molecule has 1 aliphatic heterocycles. The number of aliphatic hydroxyl groups excluding tert-OH is 1. The zero-order valence-electron chi connectivity index (χ0n) is 74.2. The number of benzene rings is 6. The molecular weight excluding hydrogens is 1690 g/mol. The number of carbonyl (C=O) groups excluding carboxylic acids is 15. The molecule has 690 valence electrons. The molecule has 11 atom stereocenters. The van der Waals surface area contributed by atoms with Gasteiger partial charge in [0.15, 0.2) is 0 Å². The van der Waals surface area contributed by atoms with Gasteiger partial charge in [-0.3, -0.25) is 71.9 Å². The van der Waals surface area contributed by atoms with Crippen molar-refractivity contribution in [2.75, 3.05) is 66.4 Å². The summed E-state index contributed by atoms with van der Waals surface area (Å²) in [6, 6.07) is 28.1. The van der Waals surface area contributed by atoms with Crippen molar-refractivity contribution in [1.82, 2.24) is 77.3 Å². The van der Waals surface area contributed by atoms with Crippen molar-refractivity contribution in [3.63, 3.8) is 0 Å². The summed E-state index contributed by atoms with van der Waals surface area (Å²) in [6.07, 6.45) is 0.777. The number of fused-ring (bicyclic) bond motifs is 1. The van der Waals surface area contributed by atoms with Crippen LogP contribution in [0.4, 0.5) is 0 Å². The molecule has 7 aromatic rings. The van der Waals surface area contributed by atoms with Crippen LogP contribution in [-0.2, 0) is 110 Å². The van der Waals surface area contributed by atoms with Gasteiger partial charge < -0.3 is 98.4 Å². The van der Waals surface area contributed by atoms with Crippen LogP contribution in [0.2, 0.25) is 0 Å². The number of para-hydroxylation sites is 1. The Kier molecular flexibility index (Phi) is 38.8. The molecule has 8 rings (SSSR count). The first-order valence-electron chi connectivity index (χ1n) is 42.7. The predicted molar refractivity (Wildman–Crippen MR) is 490 cm³/mol. The predicted octanol–water partition coefficient (Wildman–Crippen LogP) is 2.89. The van der Waals surface area contributed by atoms with Crippen molar-refractivity contribution in [1.29, 1.82) is 0 Å². The number of nitrogens with one attached hydrogen (secondary N) is 10. The summed E-state index contributed by atoms with van der Waals surface area (Å²) >= 11 is 0.840. The molecule has 0 bridgehead atoms. The molecule has 129 heavy (non-hydrogen) atoms. The minimum Gasteiger partial charge on any atom is -0.508 e. The summed E-state index contributed by atoms with van der Waals surface area (Å²) in [5.74, 6) is -15.2. The molecule has 0 radical (unpaired) electrons. The number of phenolic OH excluding ortho intramolecular Hbond substituents is 2. The van der Waals surface area contributed by atoms with Gasteiger partial charge in [-0.05, 0) is 88.4 Å². The Labute approximate surface area is 756 Å². The fourth-order valence-electron chi connectivity index (χ4n) is 15.0. The Balaban J connectivity index is 1.21. The minimum atomic E-state index is -1.64. The minimum absolute atomic E-state index is 0.0648. The van der Waals surface area contributed by atoms with E-state index in [1.54, 1.807) is 149 Å². The highest BCUT2D eigenvalue weighted by atomic mass is 32.2. The number of H-pyrrole nitrogens is 1. The molecule has 15 N–H and O–H groups in total. The lowest BCUT2D eigenvalue weighted by Crippen LogP contribution is -2.61. The van der Waals surface area contributed by atoms with Crippen molar-refractivity contribution >= 4 is 126 Å². The van der Waals surface area contributed by atoms with E-state index >= 15 is 38.4 Å². The monoisotopic (exact) mass is 1810 g/mol. The van der Waals surface area contributed by atoms with Gasteiger partial charge in [0.1, 0.15) is 78.0 Å². The first kappa shape index (κ1) is 101. The van der Waals surface area contributed by atoms with Gasteiger partial charge in [-0.25, -0.2) is 0 Å². The number of phenols is 2. The molecule has 1 aliphatic rings. The zero-order valence-corrected chi connectivity index (χ0v) is 76.0. The molecule has 1 aromatic heterocycles. The molecule has 6 aromatic carbocycles. The average molecular weight is 1810 g/mol. The molecule has 15 amide bonds. The SMILES string of the molecule is CCCC[C@H]1C(=O)N(C)CC(=O)N[C@@H](CC(O)=P)C(=O)N[C@@H](C(C)C)C(=O)N(C)[C@@H](Cc2ccccc2)C(=O)N[C@H](Cc2ccc(O)cc2)C(=O)N(C)CC(=O)N[C@@H](Cc2c[nH]c3ccccc23)C(=O)N[C@H](Cc2ccc(O)cc2)C(=O)N[C@@H](CC(C)C)C(=O)N[C@H](C(=O)NCC(N)=O)CSCC(=O)N[C@@H](Cc2ccccc2)C(=O)N(C)[C@@H](Cc2ccccc2)C(=O)N1C. The summed E-state index contributed by atoms with van der Waals surface area (Å²) in [4.78, 5) is 231. The quantitative estimate of drug-likeness (QED) is 0.0409. The van der Waals surface area contributed by atoms with Crippen LogP contribution in [-0.4, -0.2) is 272 Å². The van der Waals surface area contributed by atoms with Crippen LogP contribution in [0.5, 0.6) is 11.5 Å². The molecule has 2 heterocycles. The smallest absolute Gasteiger partial charge is 0.246 e. The van der Waals surface area contributed by atoms with E-state index in [0.29, 0.717) is 57.1 Å². The third kappa shape index (κ3) is 30.9. The zero-order chi connectivity index (χ0) is 94.3. The van der Waals surface area contributed by atoms with E-state index in [2.05, 4.69) is 61.7 Å². The van der Waals surface area contributed by atoms with Gasteiger partial charge in [0.2, 0.25) is 88.6 Å². The summed E-state index contributed by atoms with van der Waals surface area (Å²) in [5.41, 5.74) is 8.72. The van der Waals surface area contributed by atoms with Gasteiger partial charge in [0.25, 0.3) is 0 Å². The van der Waals surface area contributed by atoms with E-state index < -0.39 is 198 Å². The van der Waals surface area contributed by atoms with Crippen LogP contribution in [0.25, 0.3) is 10.9 Å². The number of carbonyl (C=O) groups is 15. The molecule has 36 heteroatoms. The van der Waals surface area contributed by atoms with Gasteiger partial charge in [0, 0.05) is 103 Å². The number of primary amides is 1. The molecular formula is C93H119N16O18PS. The Morgan fingerprint density at radius 1 is 0.473 bits per heavy atom. The molecule has 34 nitrogen and oxygen atoms in total. The topological polar surface area (TPSA) is 483 Å². The lowest BCUT2D eigenvalue weighted by atomic mass is 9.98. The lowest BCUT2D eigenvalue weighted by Gasteiger charge is -2.37. The third-order valence-electron chi connectivity index (χ3n) is 22.1. The number of aromatic hydroxyl groups is 2. The van der Waals surface area contributed by atoms with Gasteiger partial charge >= 0.3 is 0 Å². The highest BCUT2D eigenvalue weighted by Gasteiger charge is 2.42. The van der Waals surface area contributed by atoms with Crippen molar-refractivity contribution in [2.45, 2.75) is 172 Å². The summed E-state index contributed by atoms with van der Waals surface area (Å²) in [5, 5.41) is 56.5. The fraction of sp³-hybridized carbons (Fsp3) is 0.419. The van der Waals surface area contributed by atoms with Gasteiger partial charge in [-0.15, -0.1) is 11.8 Å². The maximum Gasteiger partial charge on any atom is 0.246 e. The van der Waals surface area contributed by atoms with E-state index in [-0.39, 0.29) is 74.5 Å². The van der Waals surface area contributed by atoms with E-state index in [1.807, 2.05) is 6.92 Å². The standard InChI is InChI=1S/C93H119N16O18PS/c1-11-12-32-74-91(125)106(7)52-79(114)98-70(48-81(116)128)87(121)104-82(56(4)5)93(127)108(9)75(45-58-26-18-14-19-27-58)88(122)102-71(44-61-35-39-64(111)40-36-61)89(123)105(6)51-78(113)97-69(47-62-49-95-66-31-23-22-30-65(62)66)86(120)101-68(42-60-33-37-63(110)38-34-60)85(119)100-67(41-55(2)3)84(118)103-73(83(117)96-50-77(94)112)53-129-54-80(115)99-72(43-57-24-16-13-17-25-57)90(124)109(10)76(92(126)107(74)8)46-59-28-20-15-21-29-59/h13-31,33-40,49,55-56,67-76,82,95,110-111,116,128H,11-12,32,41-48,50-54H2,1-10H3,(H2,94,112)(H,96,117)(H,97,113)(H,98,114)(H,99,115)(H,100,119)(H,101,120)(H,102,122)(H,103,118)(H,104,121)/t67-,68+,69-,70-,71+,72-,73-,74-,75-,76-,82-/m0/s1. The highest BCUT2D eigenvalue weighted by molar-refractivity contribution is 8.00. The van der Waals surface area contributed by atoms with E-state index in [4.69, 9.17) is 5.73 Å². The van der Waals surface area contributed by atoms with E-state index in [1.165, 1.54) is 93.6 Å². The average Bonchev–Trinajstić information content (AvgIpc) is 1.50. The number of nitrogens with zero attached hydrogens (tertiary/aromatic N) is 5. The number of nitrogens with two attached hydrogens (primary N) is 1. The molecule has 0 saturated carbocycles. The number of rotatable bonds is 23. The second kappa shape index (κ2) is 49.4. The van der Waals surface area contributed by atoms with Crippen LogP contribution < -0.4 is 53.6 Å². The van der Waals surface area contributed by atoms with Crippen LogP contribution in [0.3, 0.4) is 0 Å². The number of thioether (sulfide) groups is 1. The molecule has 1 fully saturated rings. The summed E-state index contributed by atoms with van der Waals surface area (Å²) in [7, 11) is 9.75. The number of unbranched alkanes of at least 4 members (excludes halogenated alkanes) is 1. The van der Waals surface area contributed by atoms with Crippen molar-refractivity contribution in [3.05, 3.63) is 203 Å². The maximum absolute atomic E-state index is 15.5. The normalized spacial score (nSPS) is 21.9. The Hall–Kier alpha value is -13.0. The molecule has 0 aliphatic carbocycles. The Morgan fingerprint density at radius 3 is 1.45 bits per heavy atom. The van der Waals surface area contributed by atoms with E-state index in [0.717, 1.165) is 26.5 Å². The van der Waals surface area contributed by atoms with Gasteiger partial charge in [-0.1, -0.05) is 190 Å².